The molecule has 4 nitrogen and oxygen atoms in total. The van der Waals surface area contributed by atoms with Crippen molar-refractivity contribution in [1.29, 1.82) is 0 Å². The lowest BCUT2D eigenvalue weighted by atomic mass is 10.2. The smallest absolute Gasteiger partial charge is 0.240 e. The van der Waals surface area contributed by atoms with E-state index in [9.17, 15) is 8.42 Å². The van der Waals surface area contributed by atoms with Gasteiger partial charge >= 0.3 is 0 Å². The Morgan fingerprint density at radius 1 is 0.947 bits per heavy atom. The third kappa shape index (κ3) is 3.89. The highest BCUT2D eigenvalue weighted by molar-refractivity contribution is 7.89. The van der Waals surface area contributed by atoms with Gasteiger partial charge in [0.05, 0.1) is 6.61 Å². The summed E-state index contributed by atoms with van der Waals surface area (Å²) in [5.41, 5.74) is 0.280. The summed E-state index contributed by atoms with van der Waals surface area (Å²) in [5, 5.41) is 5.22. The first-order chi connectivity index (χ1) is 9.07. The summed E-state index contributed by atoms with van der Waals surface area (Å²) in [6.07, 6.45) is 0. The number of nitrogens with two attached hydrogens (primary N) is 1. The fraction of sp³-hybridized carbons (Fsp3) is 0.143. The molecule has 0 heterocycles. The van der Waals surface area contributed by atoms with Crippen molar-refractivity contribution >= 4 is 10.0 Å². The summed E-state index contributed by atoms with van der Waals surface area (Å²) in [4.78, 5) is 0. The van der Waals surface area contributed by atoms with Gasteiger partial charge in [0.25, 0.3) is 0 Å². The molecule has 0 amide bonds. The Balaban J connectivity index is 2.17. The van der Waals surface area contributed by atoms with Crippen LogP contribution in [0.2, 0.25) is 0 Å². The van der Waals surface area contributed by atoms with Crippen LogP contribution < -0.4 is 5.14 Å². The molecule has 0 radical (unpaired) electrons. The molecule has 19 heavy (non-hydrogen) atoms. The third-order valence-corrected chi connectivity index (χ3v) is 3.62. The van der Waals surface area contributed by atoms with Gasteiger partial charge in [-0.3, -0.25) is 0 Å². The first kappa shape index (κ1) is 13.7. The Kier molecular flexibility index (Phi) is 4.31. The van der Waals surface area contributed by atoms with Crippen molar-refractivity contribution in [3.63, 3.8) is 0 Å². The normalized spacial score (nSPS) is 13.1. The SMILES string of the molecule is NS(=O)(=O)C(OCc1ccccc1)c1ccccc1. The van der Waals surface area contributed by atoms with Gasteiger partial charge in [0.2, 0.25) is 10.0 Å². The molecule has 0 aromatic heterocycles. The lowest BCUT2D eigenvalue weighted by Gasteiger charge is -2.16. The zero-order chi connectivity index (χ0) is 13.7. The minimum absolute atomic E-state index is 0.191. The molecular weight excluding hydrogens is 262 g/mol. The third-order valence-electron chi connectivity index (χ3n) is 2.61. The zero-order valence-electron chi connectivity index (χ0n) is 10.3. The van der Waals surface area contributed by atoms with Gasteiger partial charge in [-0.15, -0.1) is 0 Å². The van der Waals surface area contributed by atoms with E-state index in [0.29, 0.717) is 5.56 Å². The lowest BCUT2D eigenvalue weighted by Crippen LogP contribution is -2.24. The number of primary sulfonamides is 1. The zero-order valence-corrected chi connectivity index (χ0v) is 11.1. The predicted octanol–water partition coefficient (Wildman–Crippen LogP) is 2.19. The topological polar surface area (TPSA) is 69.4 Å². The number of hydrogen-bond donors (Lipinski definition) is 1. The van der Waals surface area contributed by atoms with Crippen LogP contribution in [0.5, 0.6) is 0 Å². The van der Waals surface area contributed by atoms with Crippen LogP contribution in [0.1, 0.15) is 16.6 Å². The van der Waals surface area contributed by atoms with E-state index in [4.69, 9.17) is 9.88 Å². The van der Waals surface area contributed by atoms with Crippen LogP contribution in [0, 0.1) is 0 Å². The van der Waals surface area contributed by atoms with Crippen LogP contribution in [0.15, 0.2) is 60.7 Å². The first-order valence-electron chi connectivity index (χ1n) is 5.79. The minimum Gasteiger partial charge on any atom is -0.351 e. The molecule has 0 spiro atoms. The van der Waals surface area contributed by atoms with Gasteiger partial charge < -0.3 is 4.74 Å². The molecular formula is C14H15NO3S. The standard InChI is InChI=1S/C14H15NO3S/c15-19(16,17)14(13-9-5-2-6-10-13)18-11-12-7-3-1-4-8-12/h1-10,14H,11H2,(H2,15,16,17). The molecule has 5 heteroatoms. The minimum atomic E-state index is -3.81. The van der Waals surface area contributed by atoms with E-state index < -0.39 is 15.5 Å². The number of ether oxygens (including phenoxy) is 1. The molecule has 100 valence electrons. The van der Waals surface area contributed by atoms with E-state index in [1.54, 1.807) is 30.3 Å². The molecule has 2 aromatic rings. The second-order valence-electron chi connectivity index (χ2n) is 4.13. The van der Waals surface area contributed by atoms with Gasteiger partial charge in [0.1, 0.15) is 0 Å². The number of benzene rings is 2. The van der Waals surface area contributed by atoms with E-state index in [2.05, 4.69) is 0 Å². The van der Waals surface area contributed by atoms with Gasteiger partial charge in [-0.1, -0.05) is 60.7 Å². The monoisotopic (exact) mass is 277 g/mol. The fourth-order valence-electron chi connectivity index (χ4n) is 1.74. The van der Waals surface area contributed by atoms with E-state index in [1.165, 1.54) is 0 Å². The van der Waals surface area contributed by atoms with Gasteiger partial charge in [-0.25, -0.2) is 13.6 Å². The second-order valence-corrected chi connectivity index (χ2v) is 5.73. The Morgan fingerprint density at radius 2 is 1.47 bits per heavy atom. The van der Waals surface area contributed by atoms with Gasteiger partial charge in [-0.2, -0.15) is 0 Å². The Morgan fingerprint density at radius 3 is 2.00 bits per heavy atom. The number of rotatable bonds is 5. The van der Waals surface area contributed by atoms with E-state index >= 15 is 0 Å². The molecule has 2 rings (SSSR count). The van der Waals surface area contributed by atoms with Crippen LogP contribution in [0.4, 0.5) is 0 Å². The Hall–Kier alpha value is -1.69. The van der Waals surface area contributed by atoms with Crippen molar-refractivity contribution in [2.45, 2.75) is 12.0 Å². The van der Waals surface area contributed by atoms with E-state index in [1.807, 2.05) is 30.3 Å². The molecule has 0 aliphatic carbocycles. The van der Waals surface area contributed by atoms with Crippen LogP contribution in [-0.2, 0) is 21.4 Å². The van der Waals surface area contributed by atoms with Crippen LogP contribution in [-0.4, -0.2) is 8.42 Å². The molecule has 1 atom stereocenters. The quantitative estimate of drug-likeness (QED) is 0.910. The lowest BCUT2D eigenvalue weighted by molar-refractivity contribution is 0.0921. The number of hydrogen-bond acceptors (Lipinski definition) is 3. The average molecular weight is 277 g/mol. The number of sulfonamides is 1. The molecule has 2 aromatic carbocycles. The predicted molar refractivity (Wildman–Crippen MR) is 73.5 cm³/mol. The molecule has 1 unspecified atom stereocenters. The maximum absolute atomic E-state index is 11.6. The van der Waals surface area contributed by atoms with Crippen molar-refractivity contribution in [1.82, 2.24) is 0 Å². The molecule has 0 saturated carbocycles. The van der Waals surface area contributed by atoms with Crippen molar-refractivity contribution in [2.75, 3.05) is 0 Å². The van der Waals surface area contributed by atoms with Gasteiger partial charge in [0.15, 0.2) is 5.44 Å². The Bertz CT molecular complexity index is 612. The van der Waals surface area contributed by atoms with E-state index in [-0.39, 0.29) is 6.61 Å². The largest absolute Gasteiger partial charge is 0.351 e. The van der Waals surface area contributed by atoms with Crippen molar-refractivity contribution < 1.29 is 13.2 Å². The average Bonchev–Trinajstić information content (AvgIpc) is 2.40. The van der Waals surface area contributed by atoms with Gasteiger partial charge in [-0.05, 0) is 11.1 Å². The fourth-order valence-corrected chi connectivity index (χ4v) is 2.53. The van der Waals surface area contributed by atoms with Crippen LogP contribution >= 0.6 is 0 Å². The van der Waals surface area contributed by atoms with Crippen molar-refractivity contribution in [2.24, 2.45) is 5.14 Å². The molecule has 2 N–H and O–H groups in total. The molecule has 0 aliphatic rings. The van der Waals surface area contributed by atoms with Crippen molar-refractivity contribution in [3.8, 4) is 0 Å². The highest BCUT2D eigenvalue weighted by Gasteiger charge is 2.24. The van der Waals surface area contributed by atoms with Gasteiger partial charge in [0, 0.05) is 0 Å². The molecule has 0 bridgehead atoms. The summed E-state index contributed by atoms with van der Waals surface area (Å²) in [6.45, 7) is 0.191. The summed E-state index contributed by atoms with van der Waals surface area (Å²) < 4.78 is 28.7. The maximum Gasteiger partial charge on any atom is 0.240 e. The van der Waals surface area contributed by atoms with Crippen LogP contribution in [0.25, 0.3) is 0 Å². The Labute approximate surface area is 112 Å². The molecule has 0 aliphatic heterocycles. The summed E-state index contributed by atoms with van der Waals surface area (Å²) >= 11 is 0. The highest BCUT2D eigenvalue weighted by Crippen LogP contribution is 2.22. The summed E-state index contributed by atoms with van der Waals surface area (Å²) in [6, 6.07) is 18.0. The highest BCUT2D eigenvalue weighted by atomic mass is 32.2. The second kappa shape index (κ2) is 5.97. The maximum atomic E-state index is 11.6. The summed E-state index contributed by atoms with van der Waals surface area (Å²) in [7, 11) is -3.81. The summed E-state index contributed by atoms with van der Waals surface area (Å²) in [5.74, 6) is 0. The van der Waals surface area contributed by atoms with Crippen LogP contribution in [0.3, 0.4) is 0 Å². The molecule has 0 fully saturated rings. The van der Waals surface area contributed by atoms with Crippen molar-refractivity contribution in [3.05, 3.63) is 71.8 Å². The first-order valence-corrected chi connectivity index (χ1v) is 7.40. The molecule has 0 saturated heterocycles. The van der Waals surface area contributed by atoms with E-state index in [0.717, 1.165) is 5.56 Å².